The van der Waals surface area contributed by atoms with Gasteiger partial charge in [0, 0.05) is 5.56 Å². The molecule has 1 N–H and O–H groups in total. The van der Waals surface area contributed by atoms with Crippen LogP contribution in [0.5, 0.6) is 23.0 Å². The highest BCUT2D eigenvalue weighted by Gasteiger charge is 2.46. The normalized spacial score (nSPS) is 16.6. The van der Waals surface area contributed by atoms with Crippen LogP contribution in [0, 0.1) is 0 Å². The predicted molar refractivity (Wildman–Crippen MR) is 143 cm³/mol. The summed E-state index contributed by atoms with van der Waals surface area (Å²) in [5.74, 6) is 0.772. The van der Waals surface area contributed by atoms with Crippen molar-refractivity contribution in [2.45, 2.75) is 26.0 Å². The summed E-state index contributed by atoms with van der Waals surface area (Å²) >= 11 is 0. The second-order valence-electron chi connectivity index (χ2n) is 8.98. The Morgan fingerprint density at radius 2 is 1.50 bits per heavy atom. The fourth-order valence-corrected chi connectivity index (χ4v) is 4.32. The van der Waals surface area contributed by atoms with Gasteiger partial charge in [-0.15, -0.1) is 0 Å². The molecule has 1 heterocycles. The summed E-state index contributed by atoms with van der Waals surface area (Å²) in [4.78, 5) is 27.9. The van der Waals surface area contributed by atoms with Crippen LogP contribution >= 0.6 is 0 Å². The Labute approximate surface area is 222 Å². The topological polar surface area (TPSA) is 94.5 Å². The van der Waals surface area contributed by atoms with E-state index in [9.17, 15) is 14.7 Å². The molecule has 0 aromatic heterocycles. The quantitative estimate of drug-likeness (QED) is 0.230. The maximum absolute atomic E-state index is 13.3. The molecule has 1 amide bonds. The van der Waals surface area contributed by atoms with E-state index < -0.39 is 17.7 Å². The first-order valence-corrected chi connectivity index (χ1v) is 12.3. The van der Waals surface area contributed by atoms with Gasteiger partial charge in [0.1, 0.15) is 35.4 Å². The number of methoxy groups -OCH3 is 2. The Kier molecular flexibility index (Phi) is 8.21. The molecule has 0 radical (unpaired) electrons. The number of ketones is 1. The highest BCUT2D eigenvalue weighted by Crippen LogP contribution is 2.40. The van der Waals surface area contributed by atoms with Crippen LogP contribution in [-0.4, -0.2) is 55.2 Å². The summed E-state index contributed by atoms with van der Waals surface area (Å²) in [6.45, 7) is 4.10. The van der Waals surface area contributed by atoms with E-state index in [1.165, 1.54) is 4.90 Å². The number of Topliss-reactive ketones (excluding diaryl/α,β-unsaturated/α-hetero) is 1. The van der Waals surface area contributed by atoms with Crippen molar-refractivity contribution in [1.29, 1.82) is 0 Å². The van der Waals surface area contributed by atoms with Gasteiger partial charge in [-0.2, -0.15) is 0 Å². The molecule has 1 atom stereocenters. The van der Waals surface area contributed by atoms with Crippen molar-refractivity contribution in [1.82, 2.24) is 4.90 Å². The van der Waals surface area contributed by atoms with E-state index in [2.05, 4.69) is 0 Å². The fraction of sp³-hybridized carbons (Fsp3) is 0.267. The third-order valence-corrected chi connectivity index (χ3v) is 6.11. The Bertz CT molecular complexity index is 1310. The fourth-order valence-electron chi connectivity index (χ4n) is 4.32. The largest absolute Gasteiger partial charge is 0.507 e. The van der Waals surface area contributed by atoms with Crippen LogP contribution < -0.4 is 18.9 Å². The lowest BCUT2D eigenvalue weighted by Gasteiger charge is -2.25. The molecule has 1 aliphatic heterocycles. The number of carbonyl (C=O) groups is 2. The summed E-state index contributed by atoms with van der Waals surface area (Å²) in [5.41, 5.74) is 1.04. The van der Waals surface area contributed by atoms with Crippen LogP contribution in [-0.2, 0) is 9.59 Å². The molecular formula is C30H31NO7. The molecule has 38 heavy (non-hydrogen) atoms. The van der Waals surface area contributed by atoms with E-state index in [-0.39, 0.29) is 30.6 Å². The molecule has 1 saturated heterocycles. The van der Waals surface area contributed by atoms with Gasteiger partial charge in [0.15, 0.2) is 0 Å². The zero-order valence-corrected chi connectivity index (χ0v) is 21.8. The van der Waals surface area contributed by atoms with Gasteiger partial charge in [-0.1, -0.05) is 12.1 Å². The number of likely N-dealkylation sites (tertiary alicyclic amines) is 1. The van der Waals surface area contributed by atoms with Crippen LogP contribution in [0.4, 0.5) is 0 Å². The SMILES string of the molecule is COc1ccc(OCCN2C(=O)C(=O)/C(=C(\O)c3ccc(OC(C)C)cc3)C2c2cccc(OC)c2)cc1. The summed E-state index contributed by atoms with van der Waals surface area (Å²) in [6, 6.07) is 20.1. The van der Waals surface area contributed by atoms with Gasteiger partial charge in [0.25, 0.3) is 11.7 Å². The first-order chi connectivity index (χ1) is 18.3. The number of rotatable bonds is 10. The Morgan fingerprint density at radius 3 is 2.13 bits per heavy atom. The van der Waals surface area contributed by atoms with E-state index >= 15 is 0 Å². The molecule has 0 saturated carbocycles. The molecule has 3 aromatic carbocycles. The summed E-state index contributed by atoms with van der Waals surface area (Å²) in [5, 5.41) is 11.3. The minimum atomic E-state index is -0.823. The predicted octanol–water partition coefficient (Wildman–Crippen LogP) is 4.99. The lowest BCUT2D eigenvalue weighted by molar-refractivity contribution is -0.140. The molecular weight excluding hydrogens is 486 g/mol. The maximum Gasteiger partial charge on any atom is 0.295 e. The number of benzene rings is 3. The van der Waals surface area contributed by atoms with Crippen LogP contribution in [0.1, 0.15) is 31.0 Å². The van der Waals surface area contributed by atoms with Gasteiger partial charge in [-0.25, -0.2) is 0 Å². The Balaban J connectivity index is 1.67. The molecule has 0 aliphatic carbocycles. The molecule has 0 bridgehead atoms. The van der Waals surface area contributed by atoms with E-state index in [1.54, 1.807) is 87.0 Å². The van der Waals surface area contributed by atoms with Crippen molar-refractivity contribution < 1.29 is 33.6 Å². The number of hydrogen-bond donors (Lipinski definition) is 1. The Hall–Kier alpha value is -4.46. The summed E-state index contributed by atoms with van der Waals surface area (Å²) < 4.78 is 22.0. The van der Waals surface area contributed by atoms with E-state index in [0.29, 0.717) is 34.1 Å². The van der Waals surface area contributed by atoms with Gasteiger partial charge >= 0.3 is 0 Å². The number of nitrogens with zero attached hydrogens (tertiary/aromatic N) is 1. The van der Waals surface area contributed by atoms with Crippen molar-refractivity contribution in [2.24, 2.45) is 0 Å². The van der Waals surface area contributed by atoms with Gasteiger partial charge in [0.2, 0.25) is 0 Å². The number of ether oxygens (including phenoxy) is 4. The first-order valence-electron chi connectivity index (χ1n) is 12.3. The van der Waals surface area contributed by atoms with Crippen molar-refractivity contribution in [3.8, 4) is 23.0 Å². The van der Waals surface area contributed by atoms with Crippen molar-refractivity contribution >= 4 is 17.4 Å². The highest BCUT2D eigenvalue weighted by molar-refractivity contribution is 6.46. The molecule has 8 heteroatoms. The molecule has 0 spiro atoms. The van der Waals surface area contributed by atoms with E-state index in [1.807, 2.05) is 13.8 Å². The number of aliphatic hydroxyl groups excluding tert-OH is 1. The van der Waals surface area contributed by atoms with E-state index in [4.69, 9.17) is 18.9 Å². The van der Waals surface area contributed by atoms with Gasteiger partial charge < -0.3 is 29.0 Å². The molecule has 1 unspecified atom stereocenters. The highest BCUT2D eigenvalue weighted by atomic mass is 16.5. The zero-order valence-electron chi connectivity index (χ0n) is 21.8. The molecule has 3 aromatic rings. The van der Waals surface area contributed by atoms with Gasteiger partial charge in [-0.05, 0) is 80.1 Å². The second kappa shape index (κ2) is 11.7. The number of amides is 1. The molecule has 8 nitrogen and oxygen atoms in total. The number of hydrogen-bond acceptors (Lipinski definition) is 7. The minimum absolute atomic E-state index is 0.00484. The average Bonchev–Trinajstić information content (AvgIpc) is 3.18. The van der Waals surface area contributed by atoms with Crippen LogP contribution in [0.2, 0.25) is 0 Å². The zero-order chi connectivity index (χ0) is 27.2. The number of aliphatic hydroxyl groups is 1. The van der Waals surface area contributed by atoms with Crippen LogP contribution in [0.15, 0.2) is 78.4 Å². The third-order valence-electron chi connectivity index (χ3n) is 6.11. The molecule has 198 valence electrons. The lowest BCUT2D eigenvalue weighted by Crippen LogP contribution is -2.33. The monoisotopic (exact) mass is 517 g/mol. The van der Waals surface area contributed by atoms with Crippen LogP contribution in [0.3, 0.4) is 0 Å². The third kappa shape index (κ3) is 5.75. The molecule has 1 aliphatic rings. The molecule has 4 rings (SSSR count). The maximum atomic E-state index is 13.3. The lowest BCUT2D eigenvalue weighted by atomic mass is 9.95. The Morgan fingerprint density at radius 1 is 0.868 bits per heavy atom. The van der Waals surface area contributed by atoms with Crippen molar-refractivity contribution in [2.75, 3.05) is 27.4 Å². The standard InChI is InChI=1S/C30H31NO7/c1-19(2)38-24-10-8-20(9-11-24)28(32)26-27(21-6-5-7-25(18-21)36-4)31(30(34)29(26)33)16-17-37-23-14-12-22(35-3)13-15-23/h5-15,18-19,27,32H,16-17H2,1-4H3/b28-26-. The van der Waals surface area contributed by atoms with Crippen molar-refractivity contribution in [3.63, 3.8) is 0 Å². The van der Waals surface area contributed by atoms with Gasteiger partial charge in [-0.3, -0.25) is 9.59 Å². The second-order valence-corrected chi connectivity index (χ2v) is 8.98. The minimum Gasteiger partial charge on any atom is -0.507 e. The van der Waals surface area contributed by atoms with Crippen molar-refractivity contribution in [3.05, 3.63) is 89.5 Å². The smallest absolute Gasteiger partial charge is 0.295 e. The number of carbonyl (C=O) groups excluding carboxylic acids is 2. The first kappa shape index (κ1) is 26.6. The average molecular weight is 518 g/mol. The van der Waals surface area contributed by atoms with E-state index in [0.717, 1.165) is 0 Å². The van der Waals surface area contributed by atoms with Gasteiger partial charge in [0.05, 0.1) is 38.5 Å². The van der Waals surface area contributed by atoms with Crippen LogP contribution in [0.25, 0.3) is 5.76 Å². The summed E-state index contributed by atoms with van der Waals surface area (Å²) in [7, 11) is 3.12. The summed E-state index contributed by atoms with van der Waals surface area (Å²) in [6.07, 6.45) is -0.00651. The molecule has 1 fully saturated rings.